The van der Waals surface area contributed by atoms with Crippen molar-refractivity contribution in [2.75, 3.05) is 0 Å². The molecule has 0 aliphatic heterocycles. The summed E-state index contributed by atoms with van der Waals surface area (Å²) in [4.78, 5) is 11.8. The zero-order valence-corrected chi connectivity index (χ0v) is 12.6. The van der Waals surface area contributed by atoms with Crippen LogP contribution in [-0.2, 0) is 12.8 Å². The molecule has 1 atom stereocenters. The Hall–Kier alpha value is -1.12. The molecule has 1 aromatic heterocycles. The number of hydrogen-bond acceptors (Lipinski definition) is 2. The highest BCUT2D eigenvalue weighted by Crippen LogP contribution is 2.24. The van der Waals surface area contributed by atoms with Gasteiger partial charge in [0, 0.05) is 11.7 Å². The number of carbonyl (C=O) groups is 1. The first kappa shape index (κ1) is 14.9. The Morgan fingerprint density at radius 3 is 2.22 bits per heavy atom. The van der Waals surface area contributed by atoms with Crippen molar-refractivity contribution in [3.8, 4) is 0 Å². The van der Waals surface area contributed by atoms with Crippen LogP contribution in [0.3, 0.4) is 0 Å². The largest absolute Gasteiger partial charge is 0.294 e. The predicted octanol–water partition coefficient (Wildman–Crippen LogP) is 3.82. The first-order chi connectivity index (χ1) is 8.42. The molecular weight excluding hydrogens is 224 g/mol. The van der Waals surface area contributed by atoms with Crippen LogP contribution in [-0.4, -0.2) is 15.6 Å². The molecule has 1 rings (SSSR count). The van der Waals surface area contributed by atoms with Crippen molar-refractivity contribution in [3.63, 3.8) is 0 Å². The van der Waals surface area contributed by atoms with Gasteiger partial charge in [-0.3, -0.25) is 9.48 Å². The van der Waals surface area contributed by atoms with Gasteiger partial charge in [0.15, 0.2) is 5.78 Å². The third-order valence-electron chi connectivity index (χ3n) is 3.33. The lowest BCUT2D eigenvalue weighted by atomic mass is 10.0. The van der Waals surface area contributed by atoms with Crippen molar-refractivity contribution in [1.29, 1.82) is 0 Å². The molecule has 1 heterocycles. The highest BCUT2D eigenvalue weighted by Gasteiger charge is 2.21. The average molecular weight is 250 g/mol. The highest BCUT2D eigenvalue weighted by atomic mass is 16.1. The molecular formula is C15H26N2O. The Kier molecular flexibility index (Phi) is 5.12. The third-order valence-corrected chi connectivity index (χ3v) is 3.33. The van der Waals surface area contributed by atoms with Gasteiger partial charge in [0.2, 0.25) is 0 Å². The van der Waals surface area contributed by atoms with Gasteiger partial charge in [-0.2, -0.15) is 5.10 Å². The smallest absolute Gasteiger partial charge is 0.163 e. The lowest BCUT2D eigenvalue weighted by molar-refractivity contribution is 0.101. The minimum Gasteiger partial charge on any atom is -0.294 e. The van der Waals surface area contributed by atoms with Crippen LogP contribution in [0.25, 0.3) is 0 Å². The van der Waals surface area contributed by atoms with Gasteiger partial charge in [-0.25, -0.2) is 0 Å². The van der Waals surface area contributed by atoms with Crippen LogP contribution in [0.1, 0.15) is 75.8 Å². The van der Waals surface area contributed by atoms with E-state index < -0.39 is 0 Å². The molecule has 102 valence electrons. The van der Waals surface area contributed by atoms with E-state index in [4.69, 9.17) is 0 Å². The number of rotatable bonds is 6. The number of Topliss-reactive ketones (excluding diaryl/α,β-unsaturated/α-hetero) is 1. The molecule has 0 radical (unpaired) electrons. The van der Waals surface area contributed by atoms with E-state index in [9.17, 15) is 4.79 Å². The fraction of sp³-hybridized carbons (Fsp3) is 0.733. The van der Waals surface area contributed by atoms with Gasteiger partial charge in [0.25, 0.3) is 0 Å². The van der Waals surface area contributed by atoms with E-state index in [1.54, 1.807) is 6.92 Å². The second kappa shape index (κ2) is 6.17. The Bertz CT molecular complexity index is 418. The van der Waals surface area contributed by atoms with Gasteiger partial charge >= 0.3 is 0 Å². The summed E-state index contributed by atoms with van der Waals surface area (Å²) in [6.07, 6.45) is 2.78. The summed E-state index contributed by atoms with van der Waals surface area (Å²) in [7, 11) is 0. The van der Waals surface area contributed by atoms with Crippen LogP contribution >= 0.6 is 0 Å². The van der Waals surface area contributed by atoms with Crippen molar-refractivity contribution in [1.82, 2.24) is 9.78 Å². The summed E-state index contributed by atoms with van der Waals surface area (Å²) in [5, 5.41) is 4.67. The molecule has 18 heavy (non-hydrogen) atoms. The van der Waals surface area contributed by atoms with Crippen LogP contribution in [0.5, 0.6) is 0 Å². The highest BCUT2D eigenvalue weighted by molar-refractivity contribution is 5.96. The molecule has 0 amide bonds. The van der Waals surface area contributed by atoms with Gasteiger partial charge in [0.05, 0.1) is 11.3 Å². The summed E-state index contributed by atoms with van der Waals surface area (Å²) in [5.74, 6) is 0.784. The fourth-order valence-electron chi connectivity index (χ4n) is 2.66. The van der Waals surface area contributed by atoms with Gasteiger partial charge in [0.1, 0.15) is 0 Å². The van der Waals surface area contributed by atoms with E-state index >= 15 is 0 Å². The maximum absolute atomic E-state index is 11.8. The third kappa shape index (κ3) is 3.01. The molecule has 0 aliphatic carbocycles. The number of carbonyl (C=O) groups excluding carboxylic acids is 1. The molecule has 0 aliphatic rings. The van der Waals surface area contributed by atoms with E-state index in [-0.39, 0.29) is 5.78 Å². The molecule has 1 unspecified atom stereocenters. The van der Waals surface area contributed by atoms with Gasteiger partial charge < -0.3 is 0 Å². The lowest BCUT2D eigenvalue weighted by Gasteiger charge is -2.17. The maximum Gasteiger partial charge on any atom is 0.163 e. The second-order valence-corrected chi connectivity index (χ2v) is 5.45. The van der Waals surface area contributed by atoms with Crippen molar-refractivity contribution in [3.05, 3.63) is 17.0 Å². The van der Waals surface area contributed by atoms with Crippen molar-refractivity contribution < 1.29 is 4.79 Å². The first-order valence-electron chi connectivity index (χ1n) is 7.03. The Labute approximate surface area is 111 Å². The topological polar surface area (TPSA) is 34.9 Å². The quantitative estimate of drug-likeness (QED) is 0.719. The van der Waals surface area contributed by atoms with Crippen molar-refractivity contribution in [2.24, 2.45) is 5.92 Å². The zero-order valence-electron chi connectivity index (χ0n) is 12.6. The monoisotopic (exact) mass is 250 g/mol. The molecule has 0 bridgehead atoms. The summed E-state index contributed by atoms with van der Waals surface area (Å²) in [6.45, 7) is 12.4. The minimum absolute atomic E-state index is 0.145. The number of aryl methyl sites for hydroxylation is 1. The maximum atomic E-state index is 11.8. The second-order valence-electron chi connectivity index (χ2n) is 5.45. The van der Waals surface area contributed by atoms with Crippen LogP contribution in [0.15, 0.2) is 0 Å². The van der Waals surface area contributed by atoms with Gasteiger partial charge in [-0.1, -0.05) is 27.7 Å². The predicted molar refractivity (Wildman–Crippen MR) is 75.2 cm³/mol. The molecule has 0 saturated heterocycles. The van der Waals surface area contributed by atoms with Crippen LogP contribution in [0.4, 0.5) is 0 Å². The van der Waals surface area contributed by atoms with Gasteiger partial charge in [-0.15, -0.1) is 0 Å². The van der Waals surface area contributed by atoms with E-state index in [1.807, 2.05) is 0 Å². The summed E-state index contributed by atoms with van der Waals surface area (Å²) in [6, 6.07) is 0.360. The van der Waals surface area contributed by atoms with Gasteiger partial charge in [-0.05, 0) is 39.0 Å². The SMILES string of the molecule is CCc1nn(C(C)CC(C)C)c(CC)c1C(C)=O. The van der Waals surface area contributed by atoms with Crippen molar-refractivity contribution >= 4 is 5.78 Å². The minimum atomic E-state index is 0.145. The summed E-state index contributed by atoms with van der Waals surface area (Å²) in [5.41, 5.74) is 2.91. The Morgan fingerprint density at radius 1 is 1.22 bits per heavy atom. The number of aromatic nitrogens is 2. The molecule has 3 heteroatoms. The molecule has 0 aromatic carbocycles. The zero-order chi connectivity index (χ0) is 13.9. The average Bonchev–Trinajstić information content (AvgIpc) is 2.66. The Morgan fingerprint density at radius 2 is 1.83 bits per heavy atom. The van der Waals surface area contributed by atoms with E-state index in [0.29, 0.717) is 12.0 Å². The number of hydrogen-bond donors (Lipinski definition) is 0. The molecule has 1 aromatic rings. The number of nitrogens with zero attached hydrogens (tertiary/aromatic N) is 2. The normalized spacial score (nSPS) is 13.1. The van der Waals surface area contributed by atoms with Crippen LogP contribution in [0, 0.1) is 5.92 Å². The number of ketones is 1. The first-order valence-corrected chi connectivity index (χ1v) is 7.03. The van der Waals surface area contributed by atoms with Crippen LogP contribution in [0.2, 0.25) is 0 Å². The van der Waals surface area contributed by atoms with Crippen LogP contribution < -0.4 is 0 Å². The fourth-order valence-corrected chi connectivity index (χ4v) is 2.66. The standard InChI is InChI=1S/C15H26N2O/c1-7-13-15(12(6)18)14(8-2)17(16-13)11(5)9-10(3)4/h10-11H,7-9H2,1-6H3. The molecule has 0 fully saturated rings. The van der Waals surface area contributed by atoms with Crippen molar-refractivity contribution in [2.45, 2.75) is 66.8 Å². The van der Waals surface area contributed by atoms with E-state index in [1.165, 1.54) is 0 Å². The van der Waals surface area contributed by atoms with E-state index in [0.717, 1.165) is 36.2 Å². The lowest BCUT2D eigenvalue weighted by Crippen LogP contribution is -2.13. The Balaban J connectivity index is 3.23. The molecule has 0 saturated carbocycles. The summed E-state index contributed by atoms with van der Waals surface area (Å²) >= 11 is 0. The van der Waals surface area contributed by atoms with E-state index in [2.05, 4.69) is 44.4 Å². The summed E-state index contributed by atoms with van der Waals surface area (Å²) < 4.78 is 2.08. The molecule has 3 nitrogen and oxygen atoms in total. The molecule has 0 N–H and O–H groups in total. The molecule has 0 spiro atoms.